The minimum Gasteiger partial charge on any atom is -0.0958 e. The Bertz CT molecular complexity index is 370. The SMILES string of the molecule is C=C1C=Cc2cc(C)ccc2CC1. The highest BCUT2D eigenvalue weighted by Gasteiger charge is 2.04. The molecule has 0 heterocycles. The van der Waals surface area contributed by atoms with E-state index in [1.807, 2.05) is 0 Å². The van der Waals surface area contributed by atoms with E-state index in [1.165, 1.54) is 22.3 Å². The van der Waals surface area contributed by atoms with Crippen LogP contribution in [0.3, 0.4) is 0 Å². The fraction of sp³-hybridized carbons (Fsp3) is 0.231. The molecule has 1 aromatic rings. The van der Waals surface area contributed by atoms with Crippen LogP contribution >= 0.6 is 0 Å². The third kappa shape index (κ3) is 1.72. The maximum atomic E-state index is 3.99. The molecule has 66 valence electrons. The van der Waals surface area contributed by atoms with Gasteiger partial charge in [-0.3, -0.25) is 0 Å². The van der Waals surface area contributed by atoms with Crippen LogP contribution in [0.2, 0.25) is 0 Å². The Labute approximate surface area is 79.6 Å². The lowest BCUT2D eigenvalue weighted by Crippen LogP contribution is -1.88. The average Bonchev–Trinajstić information content (AvgIpc) is 2.29. The van der Waals surface area contributed by atoms with Crippen LogP contribution < -0.4 is 0 Å². The quantitative estimate of drug-likeness (QED) is 0.559. The Kier molecular flexibility index (Phi) is 2.05. The van der Waals surface area contributed by atoms with Crippen LogP contribution in [-0.4, -0.2) is 0 Å². The Morgan fingerprint density at radius 1 is 1.15 bits per heavy atom. The molecule has 13 heavy (non-hydrogen) atoms. The van der Waals surface area contributed by atoms with Gasteiger partial charge in [-0.05, 0) is 30.9 Å². The number of fused-ring (bicyclic) bond motifs is 1. The Morgan fingerprint density at radius 3 is 2.85 bits per heavy atom. The Balaban J connectivity index is 2.47. The maximum absolute atomic E-state index is 3.99. The smallest absolute Gasteiger partial charge is 0.0222 e. The summed E-state index contributed by atoms with van der Waals surface area (Å²) in [4.78, 5) is 0. The van der Waals surface area contributed by atoms with E-state index in [4.69, 9.17) is 0 Å². The molecular formula is C13H14. The van der Waals surface area contributed by atoms with Gasteiger partial charge in [0.1, 0.15) is 0 Å². The number of rotatable bonds is 0. The highest BCUT2D eigenvalue weighted by molar-refractivity contribution is 5.59. The summed E-state index contributed by atoms with van der Waals surface area (Å²) in [5.41, 5.74) is 5.36. The van der Waals surface area contributed by atoms with Crippen molar-refractivity contribution in [2.24, 2.45) is 0 Å². The van der Waals surface area contributed by atoms with Gasteiger partial charge >= 0.3 is 0 Å². The summed E-state index contributed by atoms with van der Waals surface area (Å²) in [6.07, 6.45) is 6.52. The first-order chi connectivity index (χ1) is 6.25. The molecule has 0 saturated carbocycles. The molecule has 0 bridgehead atoms. The average molecular weight is 170 g/mol. The molecule has 1 aliphatic rings. The van der Waals surface area contributed by atoms with Gasteiger partial charge in [-0.1, -0.05) is 48.1 Å². The highest BCUT2D eigenvalue weighted by atomic mass is 14.1. The molecule has 0 amide bonds. The van der Waals surface area contributed by atoms with E-state index in [9.17, 15) is 0 Å². The number of allylic oxidation sites excluding steroid dienone is 2. The molecule has 0 heteroatoms. The Hall–Kier alpha value is -1.30. The third-order valence-corrected chi connectivity index (χ3v) is 2.52. The predicted molar refractivity (Wildman–Crippen MR) is 57.7 cm³/mol. The van der Waals surface area contributed by atoms with E-state index >= 15 is 0 Å². The summed E-state index contributed by atoms with van der Waals surface area (Å²) in [7, 11) is 0. The topological polar surface area (TPSA) is 0 Å². The van der Waals surface area contributed by atoms with E-state index in [0.717, 1.165) is 12.8 Å². The molecule has 0 fully saturated rings. The standard InChI is InChI=1S/C13H14/c1-10-3-6-12-7-5-11(2)9-13(12)8-4-10/h4-5,7-9H,1,3,6H2,2H3. The molecule has 0 unspecified atom stereocenters. The molecule has 0 N–H and O–H groups in total. The summed E-state index contributed by atoms with van der Waals surface area (Å²) in [6, 6.07) is 6.65. The van der Waals surface area contributed by atoms with Crippen molar-refractivity contribution in [3.63, 3.8) is 0 Å². The molecule has 1 aliphatic carbocycles. The molecule has 0 aliphatic heterocycles. The molecule has 0 nitrogen and oxygen atoms in total. The van der Waals surface area contributed by atoms with Crippen molar-refractivity contribution in [3.05, 3.63) is 53.1 Å². The third-order valence-electron chi connectivity index (χ3n) is 2.52. The Morgan fingerprint density at radius 2 is 2.00 bits per heavy atom. The van der Waals surface area contributed by atoms with E-state index in [0.29, 0.717) is 0 Å². The molecule has 0 atom stereocenters. The first-order valence-electron chi connectivity index (χ1n) is 4.71. The largest absolute Gasteiger partial charge is 0.0958 e. The summed E-state index contributed by atoms with van der Waals surface area (Å²) >= 11 is 0. The predicted octanol–water partition coefficient (Wildman–Crippen LogP) is 3.51. The summed E-state index contributed by atoms with van der Waals surface area (Å²) in [6.45, 7) is 6.13. The molecule has 0 radical (unpaired) electrons. The number of hydrogen-bond donors (Lipinski definition) is 0. The first kappa shape index (κ1) is 8.31. The van der Waals surface area contributed by atoms with Crippen LogP contribution in [0, 0.1) is 6.92 Å². The molecular weight excluding hydrogens is 156 g/mol. The second-order valence-electron chi connectivity index (χ2n) is 3.69. The van der Waals surface area contributed by atoms with Crippen molar-refractivity contribution < 1.29 is 0 Å². The zero-order valence-electron chi connectivity index (χ0n) is 8.01. The summed E-state index contributed by atoms with van der Waals surface area (Å²) in [5.74, 6) is 0. The molecule has 2 rings (SSSR count). The van der Waals surface area contributed by atoms with Crippen molar-refractivity contribution in [1.29, 1.82) is 0 Å². The highest BCUT2D eigenvalue weighted by Crippen LogP contribution is 2.21. The van der Waals surface area contributed by atoms with Gasteiger partial charge in [0.25, 0.3) is 0 Å². The zero-order valence-corrected chi connectivity index (χ0v) is 8.01. The van der Waals surface area contributed by atoms with Crippen molar-refractivity contribution >= 4 is 6.08 Å². The van der Waals surface area contributed by atoms with Gasteiger partial charge in [-0.2, -0.15) is 0 Å². The van der Waals surface area contributed by atoms with Crippen molar-refractivity contribution in [2.45, 2.75) is 19.8 Å². The van der Waals surface area contributed by atoms with Gasteiger partial charge in [0.05, 0.1) is 0 Å². The lowest BCUT2D eigenvalue weighted by atomic mass is 10.0. The van der Waals surface area contributed by atoms with Crippen LogP contribution in [0.1, 0.15) is 23.1 Å². The van der Waals surface area contributed by atoms with E-state index in [1.54, 1.807) is 0 Å². The molecule has 1 aromatic carbocycles. The van der Waals surface area contributed by atoms with E-state index in [-0.39, 0.29) is 0 Å². The van der Waals surface area contributed by atoms with Crippen molar-refractivity contribution in [1.82, 2.24) is 0 Å². The summed E-state index contributed by atoms with van der Waals surface area (Å²) < 4.78 is 0. The lowest BCUT2D eigenvalue weighted by Gasteiger charge is -2.03. The van der Waals surface area contributed by atoms with Gasteiger partial charge in [0.15, 0.2) is 0 Å². The van der Waals surface area contributed by atoms with Gasteiger partial charge in [0, 0.05) is 0 Å². The van der Waals surface area contributed by atoms with Crippen molar-refractivity contribution in [2.75, 3.05) is 0 Å². The fourth-order valence-electron chi connectivity index (χ4n) is 1.68. The molecule has 0 saturated heterocycles. The minimum atomic E-state index is 1.09. The molecule has 0 spiro atoms. The second kappa shape index (κ2) is 3.21. The number of hydrogen-bond acceptors (Lipinski definition) is 0. The van der Waals surface area contributed by atoms with Crippen LogP contribution in [0.5, 0.6) is 0 Å². The maximum Gasteiger partial charge on any atom is -0.0222 e. The van der Waals surface area contributed by atoms with Crippen LogP contribution in [0.4, 0.5) is 0 Å². The van der Waals surface area contributed by atoms with Gasteiger partial charge in [-0.15, -0.1) is 0 Å². The zero-order chi connectivity index (χ0) is 9.26. The van der Waals surface area contributed by atoms with Crippen LogP contribution in [-0.2, 0) is 6.42 Å². The second-order valence-corrected chi connectivity index (χ2v) is 3.69. The lowest BCUT2D eigenvalue weighted by molar-refractivity contribution is 0.974. The van der Waals surface area contributed by atoms with Gasteiger partial charge in [0.2, 0.25) is 0 Å². The number of aryl methyl sites for hydroxylation is 2. The van der Waals surface area contributed by atoms with Crippen LogP contribution in [0.15, 0.2) is 36.4 Å². The van der Waals surface area contributed by atoms with Gasteiger partial charge < -0.3 is 0 Å². The normalized spacial score (nSPS) is 15.3. The van der Waals surface area contributed by atoms with Crippen LogP contribution in [0.25, 0.3) is 6.08 Å². The number of benzene rings is 1. The minimum absolute atomic E-state index is 1.09. The van der Waals surface area contributed by atoms with E-state index < -0.39 is 0 Å². The van der Waals surface area contributed by atoms with Gasteiger partial charge in [-0.25, -0.2) is 0 Å². The summed E-state index contributed by atoms with van der Waals surface area (Å²) in [5, 5.41) is 0. The first-order valence-corrected chi connectivity index (χ1v) is 4.71. The van der Waals surface area contributed by atoms with E-state index in [2.05, 4.69) is 43.9 Å². The molecule has 0 aromatic heterocycles. The van der Waals surface area contributed by atoms with Crippen molar-refractivity contribution in [3.8, 4) is 0 Å². The fourth-order valence-corrected chi connectivity index (χ4v) is 1.68. The monoisotopic (exact) mass is 170 g/mol.